The number of hydrogen-bond donors (Lipinski definition) is 5. The number of carbonyl (C=O) groups excluding carboxylic acids is 3. The normalized spacial score (nSPS) is 10.9. The number of nitrogens with one attached hydrogen (secondary N) is 3. The Balaban J connectivity index is 3.33. The van der Waals surface area contributed by atoms with Crippen molar-refractivity contribution in [1.82, 2.24) is 16.0 Å². The number of carboxylic acids is 1. The average molecular weight is 599 g/mol. The van der Waals surface area contributed by atoms with Crippen LogP contribution in [0.25, 0.3) is 0 Å². The van der Waals surface area contributed by atoms with Crippen LogP contribution in [0.1, 0.15) is 0 Å². The molecule has 0 spiro atoms. The Labute approximate surface area is 239 Å². The second-order valence-electron chi connectivity index (χ2n) is 7.89. The van der Waals surface area contributed by atoms with E-state index in [4.69, 9.17) is 48.7 Å². The van der Waals surface area contributed by atoms with Crippen molar-refractivity contribution in [3.8, 4) is 0 Å². The minimum absolute atomic E-state index is 0.0575. The van der Waals surface area contributed by atoms with Gasteiger partial charge in [0.15, 0.2) is 0 Å². The van der Waals surface area contributed by atoms with Crippen LogP contribution < -0.4 is 21.7 Å². The third kappa shape index (κ3) is 31.9. The number of carboxylic acid groups (broad SMARTS) is 1. The third-order valence-corrected chi connectivity index (χ3v) is 4.38. The summed E-state index contributed by atoms with van der Waals surface area (Å²) in [6, 6.07) is 0. The molecule has 0 fully saturated rings. The highest BCUT2D eigenvalue weighted by molar-refractivity contribution is 5.77. The molecule has 0 bridgehead atoms. The van der Waals surface area contributed by atoms with Crippen LogP contribution in [-0.2, 0) is 57.1 Å². The van der Waals surface area contributed by atoms with Crippen LogP contribution in [0.15, 0.2) is 0 Å². The van der Waals surface area contributed by atoms with Gasteiger partial charge in [0.1, 0.15) is 26.4 Å². The van der Waals surface area contributed by atoms with Gasteiger partial charge in [0.2, 0.25) is 17.7 Å². The number of rotatable bonds is 31. The molecule has 0 unspecified atom stereocenters. The second kappa shape index (κ2) is 30.5. The van der Waals surface area contributed by atoms with Gasteiger partial charge in [-0.25, -0.2) is 4.79 Å². The highest BCUT2D eigenvalue weighted by Crippen LogP contribution is 1.84. The molecule has 0 atom stereocenters. The highest BCUT2D eigenvalue weighted by atomic mass is 16.5. The fourth-order valence-corrected chi connectivity index (χ4v) is 2.56. The van der Waals surface area contributed by atoms with E-state index < -0.39 is 5.97 Å². The summed E-state index contributed by atoms with van der Waals surface area (Å²) >= 11 is 0. The van der Waals surface area contributed by atoms with Gasteiger partial charge in [-0.2, -0.15) is 0 Å². The molecule has 0 aliphatic heterocycles. The molecule has 0 aliphatic carbocycles. The maximum absolute atomic E-state index is 11.7. The molecule has 0 rings (SSSR count). The van der Waals surface area contributed by atoms with Gasteiger partial charge in [0.25, 0.3) is 0 Å². The highest BCUT2D eigenvalue weighted by Gasteiger charge is 2.04. The first-order chi connectivity index (χ1) is 20.0. The first-order valence-corrected chi connectivity index (χ1v) is 13.3. The molecule has 0 aromatic rings. The summed E-state index contributed by atoms with van der Waals surface area (Å²) < 4.78 is 41.3. The van der Waals surface area contributed by atoms with Crippen molar-refractivity contribution in [1.29, 1.82) is 0 Å². The van der Waals surface area contributed by atoms with Gasteiger partial charge in [0.05, 0.1) is 79.3 Å². The van der Waals surface area contributed by atoms with Gasteiger partial charge in [0, 0.05) is 26.2 Å². The lowest BCUT2D eigenvalue weighted by Crippen LogP contribution is -2.32. The molecule has 6 N–H and O–H groups in total. The van der Waals surface area contributed by atoms with Crippen molar-refractivity contribution < 1.29 is 62.2 Å². The number of aliphatic carboxylic acids is 1. The molecule has 0 saturated carbocycles. The van der Waals surface area contributed by atoms with Crippen molar-refractivity contribution >= 4 is 23.7 Å². The van der Waals surface area contributed by atoms with Crippen molar-refractivity contribution in [2.45, 2.75) is 0 Å². The van der Waals surface area contributed by atoms with Gasteiger partial charge in [-0.3, -0.25) is 14.4 Å². The quantitative estimate of drug-likeness (QED) is 0.0489. The van der Waals surface area contributed by atoms with E-state index in [0.717, 1.165) is 0 Å². The number of nitrogens with two attached hydrogens (primary N) is 1. The second-order valence-corrected chi connectivity index (χ2v) is 7.89. The van der Waals surface area contributed by atoms with Crippen molar-refractivity contribution in [2.24, 2.45) is 5.73 Å². The van der Waals surface area contributed by atoms with Crippen molar-refractivity contribution in [2.75, 3.05) is 132 Å². The summed E-state index contributed by atoms with van der Waals surface area (Å²) in [6.45, 7) is 4.05. The van der Waals surface area contributed by atoms with E-state index in [2.05, 4.69) is 16.0 Å². The number of carbonyl (C=O) groups is 4. The molecule has 0 radical (unpaired) electrons. The zero-order chi connectivity index (χ0) is 30.2. The zero-order valence-corrected chi connectivity index (χ0v) is 23.6. The van der Waals surface area contributed by atoms with E-state index in [0.29, 0.717) is 46.1 Å². The summed E-state index contributed by atoms with van der Waals surface area (Å²) in [5.41, 5.74) is 5.28. The maximum Gasteiger partial charge on any atom is 0.329 e. The summed E-state index contributed by atoms with van der Waals surface area (Å²) in [5, 5.41) is 16.3. The Bertz CT molecular complexity index is 673. The summed E-state index contributed by atoms with van der Waals surface area (Å²) in [7, 11) is 0. The Morgan fingerprint density at radius 3 is 1.05 bits per heavy atom. The Kier molecular flexibility index (Phi) is 28.6. The Hall–Kier alpha value is -2.48. The lowest BCUT2D eigenvalue weighted by Gasteiger charge is -2.09. The van der Waals surface area contributed by atoms with E-state index in [1.165, 1.54) is 0 Å². The summed E-state index contributed by atoms with van der Waals surface area (Å²) in [6.07, 6.45) is 0. The average Bonchev–Trinajstić information content (AvgIpc) is 2.94. The molecule has 41 heavy (non-hydrogen) atoms. The van der Waals surface area contributed by atoms with Gasteiger partial charge < -0.3 is 64.7 Å². The van der Waals surface area contributed by atoms with E-state index in [-0.39, 0.29) is 104 Å². The summed E-state index contributed by atoms with van der Waals surface area (Å²) in [5.74, 6) is -1.89. The van der Waals surface area contributed by atoms with Crippen LogP contribution >= 0.6 is 0 Å². The number of amides is 3. The van der Waals surface area contributed by atoms with Crippen molar-refractivity contribution in [3.63, 3.8) is 0 Å². The molecule has 0 aromatic carbocycles. The summed E-state index contributed by atoms with van der Waals surface area (Å²) in [4.78, 5) is 45.1. The van der Waals surface area contributed by atoms with Crippen LogP contribution in [0.4, 0.5) is 0 Å². The molecule has 240 valence electrons. The van der Waals surface area contributed by atoms with Crippen LogP contribution in [-0.4, -0.2) is 161 Å². The first kappa shape index (κ1) is 38.5. The Morgan fingerprint density at radius 2 is 0.732 bits per heavy atom. The number of ether oxygens (including phenoxy) is 8. The molecule has 0 saturated heterocycles. The van der Waals surface area contributed by atoms with E-state index in [9.17, 15) is 19.2 Å². The largest absolute Gasteiger partial charge is 0.480 e. The molecular formula is C24H46N4O13. The first-order valence-electron chi connectivity index (χ1n) is 13.3. The molecule has 3 amide bonds. The smallest absolute Gasteiger partial charge is 0.329 e. The van der Waals surface area contributed by atoms with Crippen LogP contribution in [0.5, 0.6) is 0 Å². The maximum atomic E-state index is 11.7. The fourth-order valence-electron chi connectivity index (χ4n) is 2.56. The Morgan fingerprint density at radius 1 is 0.439 bits per heavy atom. The minimum atomic E-state index is -1.04. The zero-order valence-electron chi connectivity index (χ0n) is 23.6. The van der Waals surface area contributed by atoms with Crippen LogP contribution in [0, 0.1) is 0 Å². The SMILES string of the molecule is NCCOCCOCC(=O)NCCOCCOCC(=O)NCCOCCOCC(=O)NCCOCCOCC(=O)O. The van der Waals surface area contributed by atoms with Crippen molar-refractivity contribution in [3.05, 3.63) is 0 Å². The topological polar surface area (TPSA) is 224 Å². The third-order valence-electron chi connectivity index (χ3n) is 4.38. The molecule has 0 aromatic heterocycles. The standard InChI is InChI=1S/C24H46N4O13/c25-1-5-34-9-13-38-17-21(29)26-2-6-35-10-14-39-18-22(30)27-3-7-36-11-15-40-19-23(31)28-4-8-37-12-16-41-20-24(32)33/h1-20,25H2,(H,26,29)(H,27,30)(H,28,31)(H,32,33). The molecule has 0 heterocycles. The fraction of sp³-hybridized carbons (Fsp3) is 0.833. The lowest BCUT2D eigenvalue weighted by molar-refractivity contribution is -0.142. The number of hydrogen-bond acceptors (Lipinski definition) is 13. The lowest BCUT2D eigenvalue weighted by atomic mass is 10.5. The monoisotopic (exact) mass is 598 g/mol. The van der Waals surface area contributed by atoms with E-state index >= 15 is 0 Å². The molecule has 17 heteroatoms. The predicted molar refractivity (Wildman–Crippen MR) is 142 cm³/mol. The molecule has 17 nitrogen and oxygen atoms in total. The predicted octanol–water partition coefficient (Wildman–Crippen LogP) is -3.49. The van der Waals surface area contributed by atoms with Gasteiger partial charge >= 0.3 is 5.97 Å². The molecule has 0 aliphatic rings. The van der Waals surface area contributed by atoms with Crippen LogP contribution in [0.3, 0.4) is 0 Å². The van der Waals surface area contributed by atoms with Gasteiger partial charge in [-0.1, -0.05) is 0 Å². The minimum Gasteiger partial charge on any atom is -0.480 e. The van der Waals surface area contributed by atoms with E-state index in [1.54, 1.807) is 0 Å². The van der Waals surface area contributed by atoms with Gasteiger partial charge in [-0.15, -0.1) is 0 Å². The molecular weight excluding hydrogens is 552 g/mol. The van der Waals surface area contributed by atoms with E-state index in [1.807, 2.05) is 0 Å². The van der Waals surface area contributed by atoms with Crippen LogP contribution in [0.2, 0.25) is 0 Å². The van der Waals surface area contributed by atoms with Gasteiger partial charge in [-0.05, 0) is 0 Å².